The Balaban J connectivity index is 1.47. The molecule has 2 N–H and O–H groups in total. The maximum Gasteiger partial charge on any atom is 0.223 e. The summed E-state index contributed by atoms with van der Waals surface area (Å²) in [6, 6.07) is 8.36. The summed E-state index contributed by atoms with van der Waals surface area (Å²) < 4.78 is 0. The third-order valence-electron chi connectivity index (χ3n) is 4.80. The smallest absolute Gasteiger partial charge is 0.223 e. The van der Waals surface area contributed by atoms with E-state index in [4.69, 9.17) is 0 Å². The highest BCUT2D eigenvalue weighted by Crippen LogP contribution is 2.27. The number of nitrogens with one attached hydrogen (secondary N) is 1. The first-order chi connectivity index (χ1) is 9.72. The van der Waals surface area contributed by atoms with Gasteiger partial charge >= 0.3 is 0 Å². The molecule has 0 aliphatic heterocycles. The molecule has 2 aliphatic rings. The van der Waals surface area contributed by atoms with Crippen molar-refractivity contribution in [3.8, 4) is 0 Å². The first kappa shape index (κ1) is 13.6. The van der Waals surface area contributed by atoms with Crippen molar-refractivity contribution in [1.29, 1.82) is 0 Å². The number of amides is 1. The van der Waals surface area contributed by atoms with Crippen LogP contribution in [-0.4, -0.2) is 23.7 Å². The molecule has 1 saturated carbocycles. The molecule has 0 spiro atoms. The van der Waals surface area contributed by atoms with E-state index in [1.54, 1.807) is 0 Å². The lowest BCUT2D eigenvalue weighted by atomic mass is 9.87. The molecule has 3 nitrogen and oxygen atoms in total. The number of rotatable bonds is 3. The van der Waals surface area contributed by atoms with E-state index >= 15 is 0 Å². The van der Waals surface area contributed by atoms with Gasteiger partial charge in [-0.2, -0.15) is 0 Å². The molecule has 0 saturated heterocycles. The predicted molar refractivity (Wildman–Crippen MR) is 78.3 cm³/mol. The van der Waals surface area contributed by atoms with E-state index in [1.807, 2.05) is 12.1 Å². The molecule has 0 bridgehead atoms. The van der Waals surface area contributed by atoms with Gasteiger partial charge in [0, 0.05) is 12.5 Å². The minimum atomic E-state index is -0.119. The molecule has 1 aromatic rings. The average molecular weight is 273 g/mol. The van der Waals surface area contributed by atoms with Crippen LogP contribution in [0.4, 0.5) is 0 Å². The van der Waals surface area contributed by atoms with Crippen LogP contribution in [0.2, 0.25) is 0 Å². The maximum absolute atomic E-state index is 12.3. The number of aliphatic hydroxyl groups excluding tert-OH is 1. The summed E-state index contributed by atoms with van der Waals surface area (Å²) in [6.45, 7) is 0.776. The zero-order chi connectivity index (χ0) is 13.9. The molecule has 0 heterocycles. The van der Waals surface area contributed by atoms with Crippen LogP contribution in [0, 0.1) is 11.8 Å². The normalized spacial score (nSPS) is 26.2. The lowest BCUT2D eigenvalue weighted by Crippen LogP contribution is -2.36. The van der Waals surface area contributed by atoms with Crippen molar-refractivity contribution in [2.45, 2.75) is 44.6 Å². The van der Waals surface area contributed by atoms with Crippen LogP contribution in [0.5, 0.6) is 0 Å². The van der Waals surface area contributed by atoms with Crippen LogP contribution >= 0.6 is 0 Å². The highest BCUT2D eigenvalue weighted by molar-refractivity contribution is 5.80. The van der Waals surface area contributed by atoms with E-state index in [-0.39, 0.29) is 17.9 Å². The Morgan fingerprint density at radius 1 is 1.10 bits per heavy atom. The Labute approximate surface area is 120 Å². The largest absolute Gasteiger partial charge is 0.393 e. The van der Waals surface area contributed by atoms with Crippen LogP contribution in [0.15, 0.2) is 24.3 Å². The van der Waals surface area contributed by atoms with Crippen LogP contribution in [0.3, 0.4) is 0 Å². The predicted octanol–water partition coefficient (Wildman–Crippen LogP) is 2.07. The van der Waals surface area contributed by atoms with Gasteiger partial charge in [0.05, 0.1) is 6.10 Å². The second-order valence-corrected chi connectivity index (χ2v) is 6.29. The first-order valence-electron chi connectivity index (χ1n) is 7.75. The third-order valence-corrected chi connectivity index (χ3v) is 4.80. The van der Waals surface area contributed by atoms with E-state index in [2.05, 4.69) is 17.4 Å². The second kappa shape index (κ2) is 5.96. The maximum atomic E-state index is 12.3. The van der Waals surface area contributed by atoms with Crippen LogP contribution < -0.4 is 5.32 Å². The van der Waals surface area contributed by atoms with Gasteiger partial charge in [-0.1, -0.05) is 24.3 Å². The van der Waals surface area contributed by atoms with E-state index < -0.39 is 0 Å². The molecule has 1 fully saturated rings. The molecule has 0 unspecified atom stereocenters. The fourth-order valence-corrected chi connectivity index (χ4v) is 3.48. The van der Waals surface area contributed by atoms with Crippen molar-refractivity contribution in [3.05, 3.63) is 35.4 Å². The fraction of sp³-hybridized carbons (Fsp3) is 0.588. The summed E-state index contributed by atoms with van der Waals surface area (Å²) in [5, 5.41) is 12.6. The van der Waals surface area contributed by atoms with Gasteiger partial charge in [-0.3, -0.25) is 4.79 Å². The first-order valence-corrected chi connectivity index (χ1v) is 7.75. The van der Waals surface area contributed by atoms with E-state index in [1.165, 1.54) is 11.1 Å². The number of benzene rings is 1. The summed E-state index contributed by atoms with van der Waals surface area (Å²) in [5.74, 6) is 0.861. The van der Waals surface area contributed by atoms with E-state index in [0.717, 1.165) is 45.1 Å². The van der Waals surface area contributed by atoms with Gasteiger partial charge in [-0.25, -0.2) is 0 Å². The highest BCUT2D eigenvalue weighted by atomic mass is 16.3. The van der Waals surface area contributed by atoms with E-state index in [9.17, 15) is 9.90 Å². The van der Waals surface area contributed by atoms with Gasteiger partial charge in [-0.05, 0) is 55.6 Å². The quantitative estimate of drug-likeness (QED) is 0.885. The molecule has 3 rings (SSSR count). The monoisotopic (exact) mass is 273 g/mol. The van der Waals surface area contributed by atoms with Crippen molar-refractivity contribution < 1.29 is 9.90 Å². The van der Waals surface area contributed by atoms with Gasteiger partial charge in [0.25, 0.3) is 0 Å². The van der Waals surface area contributed by atoms with Gasteiger partial charge < -0.3 is 10.4 Å². The van der Waals surface area contributed by atoms with Crippen LogP contribution in [-0.2, 0) is 17.6 Å². The van der Waals surface area contributed by atoms with Crippen molar-refractivity contribution >= 4 is 5.91 Å². The van der Waals surface area contributed by atoms with Crippen molar-refractivity contribution in [1.82, 2.24) is 5.32 Å². The minimum absolute atomic E-state index is 0.113. The zero-order valence-corrected chi connectivity index (χ0v) is 11.8. The number of carbonyl (C=O) groups excluding carboxylic acids is 1. The van der Waals surface area contributed by atoms with Gasteiger partial charge in [0.1, 0.15) is 0 Å². The van der Waals surface area contributed by atoms with Crippen molar-refractivity contribution in [2.24, 2.45) is 11.8 Å². The highest BCUT2D eigenvalue weighted by Gasteiger charge is 2.27. The lowest BCUT2D eigenvalue weighted by Gasteiger charge is -2.25. The van der Waals surface area contributed by atoms with Crippen molar-refractivity contribution in [2.75, 3.05) is 6.54 Å². The van der Waals surface area contributed by atoms with Crippen LogP contribution in [0.25, 0.3) is 0 Å². The second-order valence-electron chi connectivity index (χ2n) is 6.29. The minimum Gasteiger partial charge on any atom is -0.393 e. The Morgan fingerprint density at radius 2 is 1.70 bits per heavy atom. The molecule has 1 amide bonds. The van der Waals surface area contributed by atoms with E-state index in [0.29, 0.717) is 5.92 Å². The Bertz CT molecular complexity index is 453. The van der Waals surface area contributed by atoms with Gasteiger partial charge in [-0.15, -0.1) is 0 Å². The molecule has 0 atom stereocenters. The molecular formula is C17H23NO2. The SMILES string of the molecule is O=C(NCC1CCC(O)CC1)C1Cc2ccccc2C1. The Morgan fingerprint density at radius 3 is 2.30 bits per heavy atom. The summed E-state index contributed by atoms with van der Waals surface area (Å²) in [4.78, 5) is 12.3. The number of hydrogen-bond acceptors (Lipinski definition) is 2. The molecule has 0 radical (unpaired) electrons. The molecule has 3 heteroatoms. The average Bonchev–Trinajstić information content (AvgIpc) is 2.90. The molecule has 0 aromatic heterocycles. The molecule has 20 heavy (non-hydrogen) atoms. The Kier molecular flexibility index (Phi) is 4.06. The molecule has 108 valence electrons. The third kappa shape index (κ3) is 3.04. The summed E-state index contributed by atoms with van der Waals surface area (Å²) in [5.41, 5.74) is 2.65. The van der Waals surface area contributed by atoms with Crippen LogP contribution in [0.1, 0.15) is 36.8 Å². The zero-order valence-electron chi connectivity index (χ0n) is 11.8. The number of aliphatic hydroxyl groups is 1. The molecular weight excluding hydrogens is 250 g/mol. The number of carbonyl (C=O) groups is 1. The number of fused-ring (bicyclic) bond motifs is 1. The number of hydrogen-bond donors (Lipinski definition) is 2. The standard InChI is InChI=1S/C17H23NO2/c19-16-7-5-12(6-8-16)11-18-17(20)15-9-13-3-1-2-4-14(13)10-15/h1-4,12,15-16,19H,5-11H2,(H,18,20). The molecule has 1 aromatic carbocycles. The van der Waals surface area contributed by atoms with Gasteiger partial charge in [0.15, 0.2) is 0 Å². The molecule has 2 aliphatic carbocycles. The van der Waals surface area contributed by atoms with Crippen molar-refractivity contribution in [3.63, 3.8) is 0 Å². The summed E-state index contributed by atoms with van der Waals surface area (Å²) in [7, 11) is 0. The summed E-state index contributed by atoms with van der Waals surface area (Å²) >= 11 is 0. The summed E-state index contributed by atoms with van der Waals surface area (Å²) in [6.07, 6.45) is 5.48. The Hall–Kier alpha value is -1.35. The lowest BCUT2D eigenvalue weighted by molar-refractivity contribution is -0.125. The van der Waals surface area contributed by atoms with Gasteiger partial charge in [0.2, 0.25) is 5.91 Å². The fourth-order valence-electron chi connectivity index (χ4n) is 3.48. The topological polar surface area (TPSA) is 49.3 Å².